The predicted molar refractivity (Wildman–Crippen MR) is 63.9 cm³/mol. The highest BCUT2D eigenvalue weighted by Gasteiger charge is 2.35. The molecule has 0 fully saturated rings. The van der Waals surface area contributed by atoms with Crippen LogP contribution in [-0.4, -0.2) is 17.4 Å². The van der Waals surface area contributed by atoms with Crippen molar-refractivity contribution in [3.8, 4) is 12.3 Å². The normalized spacial score (nSPS) is 21.7. The summed E-state index contributed by atoms with van der Waals surface area (Å²) in [5, 5.41) is 0. The van der Waals surface area contributed by atoms with Crippen LogP contribution < -0.4 is 0 Å². The Hall–Kier alpha value is -1.82. The van der Waals surface area contributed by atoms with Crippen molar-refractivity contribution in [3.05, 3.63) is 35.4 Å². The topological polar surface area (TPSA) is 20.3 Å². The number of carbonyl (C=O) groups is 1. The van der Waals surface area contributed by atoms with Crippen molar-refractivity contribution in [2.24, 2.45) is 0 Å². The lowest BCUT2D eigenvalue weighted by Gasteiger charge is -2.26. The van der Waals surface area contributed by atoms with Crippen molar-refractivity contribution in [1.82, 2.24) is 4.90 Å². The number of hydrogen-bond acceptors (Lipinski definition) is 1. The summed E-state index contributed by atoms with van der Waals surface area (Å²) in [6.07, 6.45) is 4.55. The van der Waals surface area contributed by atoms with Crippen LogP contribution in [0.25, 0.3) is 0 Å². The summed E-state index contributed by atoms with van der Waals surface area (Å²) >= 11 is 0. The zero-order valence-corrected chi connectivity index (χ0v) is 9.69. The summed E-state index contributed by atoms with van der Waals surface area (Å²) in [4.78, 5) is 13.1. The van der Waals surface area contributed by atoms with Gasteiger partial charge >= 0.3 is 0 Å². The van der Waals surface area contributed by atoms with Crippen molar-refractivity contribution in [2.45, 2.75) is 25.6 Å². The molecular formula is C14H14FNO. The minimum atomic E-state index is -1.00. The maximum atomic E-state index is 13.8. The van der Waals surface area contributed by atoms with E-state index < -0.39 is 6.17 Å². The molecule has 2 atom stereocenters. The maximum Gasteiger partial charge on any atom is 0.220 e. The van der Waals surface area contributed by atoms with E-state index in [1.54, 1.807) is 11.0 Å². The molecular weight excluding hydrogens is 217 g/mol. The zero-order valence-electron chi connectivity index (χ0n) is 9.69. The lowest BCUT2D eigenvalue weighted by molar-refractivity contribution is -0.130. The fourth-order valence-electron chi connectivity index (χ4n) is 2.38. The molecule has 2 unspecified atom stereocenters. The molecule has 0 saturated heterocycles. The first kappa shape index (κ1) is 11.7. The van der Waals surface area contributed by atoms with E-state index in [1.165, 1.54) is 6.92 Å². The van der Waals surface area contributed by atoms with Gasteiger partial charge in [0.25, 0.3) is 0 Å². The molecule has 0 spiro atoms. The molecule has 1 aliphatic carbocycles. The van der Waals surface area contributed by atoms with Gasteiger partial charge in [-0.05, 0) is 11.1 Å². The molecule has 0 radical (unpaired) electrons. The third-order valence-electron chi connectivity index (χ3n) is 3.16. The SMILES string of the molecule is C#CCN(C(C)=O)C1CC(F)c2ccccc21. The van der Waals surface area contributed by atoms with Gasteiger partial charge in [0.15, 0.2) is 0 Å². The van der Waals surface area contributed by atoms with Gasteiger partial charge in [-0.15, -0.1) is 6.42 Å². The molecule has 88 valence electrons. The predicted octanol–water partition coefficient (Wildman–Crippen LogP) is 2.62. The van der Waals surface area contributed by atoms with Crippen LogP contribution in [0, 0.1) is 12.3 Å². The van der Waals surface area contributed by atoms with E-state index in [1.807, 2.05) is 18.2 Å². The number of benzene rings is 1. The highest BCUT2D eigenvalue weighted by atomic mass is 19.1. The molecule has 2 rings (SSSR count). The molecule has 0 bridgehead atoms. The van der Waals surface area contributed by atoms with Crippen molar-refractivity contribution in [3.63, 3.8) is 0 Å². The van der Waals surface area contributed by atoms with E-state index in [-0.39, 0.29) is 18.5 Å². The molecule has 0 saturated carbocycles. The number of terminal acetylenes is 1. The highest BCUT2D eigenvalue weighted by molar-refractivity contribution is 5.74. The number of nitrogens with zero attached hydrogens (tertiary/aromatic N) is 1. The van der Waals surface area contributed by atoms with Gasteiger partial charge in [-0.3, -0.25) is 4.79 Å². The molecule has 17 heavy (non-hydrogen) atoms. The van der Waals surface area contributed by atoms with Crippen LogP contribution in [0.1, 0.15) is 36.7 Å². The molecule has 1 aliphatic rings. The number of alkyl halides is 1. The second kappa shape index (κ2) is 4.58. The number of rotatable bonds is 2. The minimum Gasteiger partial charge on any atom is -0.325 e. The van der Waals surface area contributed by atoms with E-state index in [0.717, 1.165) is 5.56 Å². The third-order valence-corrected chi connectivity index (χ3v) is 3.16. The zero-order chi connectivity index (χ0) is 12.4. The minimum absolute atomic E-state index is 0.114. The van der Waals surface area contributed by atoms with Gasteiger partial charge in [0.2, 0.25) is 5.91 Å². The van der Waals surface area contributed by atoms with Crippen LogP contribution in [0.5, 0.6) is 0 Å². The van der Waals surface area contributed by atoms with Crippen molar-refractivity contribution in [1.29, 1.82) is 0 Å². The van der Waals surface area contributed by atoms with Crippen LogP contribution >= 0.6 is 0 Å². The first-order valence-corrected chi connectivity index (χ1v) is 5.58. The van der Waals surface area contributed by atoms with Gasteiger partial charge in [-0.2, -0.15) is 0 Å². The summed E-state index contributed by atoms with van der Waals surface area (Å²) in [6.45, 7) is 1.69. The van der Waals surface area contributed by atoms with Crippen LogP contribution in [0.4, 0.5) is 4.39 Å². The van der Waals surface area contributed by atoms with Crippen molar-refractivity contribution >= 4 is 5.91 Å². The second-order valence-corrected chi connectivity index (χ2v) is 4.20. The molecule has 0 aromatic heterocycles. The lowest BCUT2D eigenvalue weighted by Crippen LogP contribution is -2.32. The molecule has 0 aliphatic heterocycles. The Kier molecular flexibility index (Phi) is 3.14. The first-order chi connectivity index (χ1) is 8.15. The van der Waals surface area contributed by atoms with Gasteiger partial charge < -0.3 is 4.90 Å². The largest absolute Gasteiger partial charge is 0.325 e. The third kappa shape index (κ3) is 2.03. The van der Waals surface area contributed by atoms with Crippen LogP contribution in [0.15, 0.2) is 24.3 Å². The number of fused-ring (bicyclic) bond motifs is 1. The molecule has 1 aromatic carbocycles. The fourth-order valence-corrected chi connectivity index (χ4v) is 2.38. The van der Waals surface area contributed by atoms with Gasteiger partial charge in [0.05, 0.1) is 12.6 Å². The van der Waals surface area contributed by atoms with Crippen molar-refractivity contribution in [2.75, 3.05) is 6.54 Å². The Morgan fingerprint density at radius 2 is 2.18 bits per heavy atom. The summed E-state index contributed by atoms with van der Waals surface area (Å²) in [6, 6.07) is 7.08. The summed E-state index contributed by atoms with van der Waals surface area (Å²) in [5.74, 6) is 2.34. The molecule has 1 aromatic rings. The van der Waals surface area contributed by atoms with Gasteiger partial charge in [0.1, 0.15) is 6.17 Å². The fraction of sp³-hybridized carbons (Fsp3) is 0.357. The second-order valence-electron chi connectivity index (χ2n) is 4.20. The van der Waals surface area contributed by atoms with E-state index in [9.17, 15) is 9.18 Å². The summed E-state index contributed by atoms with van der Waals surface area (Å²) in [7, 11) is 0. The van der Waals surface area contributed by atoms with Crippen LogP contribution in [0.2, 0.25) is 0 Å². The Bertz CT molecular complexity index is 477. The Balaban J connectivity index is 2.36. The number of halogens is 1. The average Bonchev–Trinajstić information content (AvgIpc) is 2.64. The Morgan fingerprint density at radius 1 is 1.53 bits per heavy atom. The molecule has 1 amide bonds. The molecule has 2 nitrogen and oxygen atoms in total. The first-order valence-electron chi connectivity index (χ1n) is 5.58. The summed E-state index contributed by atoms with van der Waals surface area (Å²) < 4.78 is 13.8. The molecule has 0 N–H and O–H groups in total. The van der Waals surface area contributed by atoms with E-state index in [2.05, 4.69) is 5.92 Å². The van der Waals surface area contributed by atoms with E-state index in [4.69, 9.17) is 6.42 Å². The van der Waals surface area contributed by atoms with Gasteiger partial charge in [0, 0.05) is 13.3 Å². The van der Waals surface area contributed by atoms with Crippen LogP contribution in [0.3, 0.4) is 0 Å². The Morgan fingerprint density at radius 3 is 2.76 bits per heavy atom. The van der Waals surface area contributed by atoms with Gasteiger partial charge in [-0.25, -0.2) is 4.39 Å². The maximum absolute atomic E-state index is 13.8. The summed E-state index contributed by atoms with van der Waals surface area (Å²) in [5.41, 5.74) is 1.56. The number of amides is 1. The number of carbonyl (C=O) groups excluding carboxylic acids is 1. The van der Waals surface area contributed by atoms with Crippen molar-refractivity contribution < 1.29 is 9.18 Å². The quantitative estimate of drug-likeness (QED) is 0.716. The lowest BCUT2D eigenvalue weighted by atomic mass is 10.1. The Labute approximate surface area is 100 Å². The monoisotopic (exact) mass is 231 g/mol. The van der Waals surface area contributed by atoms with Gasteiger partial charge in [-0.1, -0.05) is 30.2 Å². The molecule has 0 heterocycles. The number of hydrogen-bond donors (Lipinski definition) is 0. The average molecular weight is 231 g/mol. The van der Waals surface area contributed by atoms with E-state index >= 15 is 0 Å². The molecule has 3 heteroatoms. The highest BCUT2D eigenvalue weighted by Crippen LogP contribution is 2.43. The van der Waals surface area contributed by atoms with E-state index in [0.29, 0.717) is 12.0 Å². The standard InChI is InChI=1S/C14H14FNO/c1-3-8-16(10(2)17)14-9-13(15)11-6-4-5-7-12(11)14/h1,4-7,13-14H,8-9H2,2H3. The smallest absolute Gasteiger partial charge is 0.220 e. The van der Waals surface area contributed by atoms with Crippen LogP contribution in [-0.2, 0) is 4.79 Å².